The number of rotatable bonds is 5. The van der Waals surface area contributed by atoms with Crippen LogP contribution < -0.4 is 5.56 Å². The van der Waals surface area contributed by atoms with E-state index in [0.717, 1.165) is 24.1 Å². The molecule has 0 saturated heterocycles. The number of aromatic nitrogens is 3. The third-order valence-electron chi connectivity index (χ3n) is 4.52. The van der Waals surface area contributed by atoms with E-state index in [0.29, 0.717) is 6.54 Å². The fourth-order valence-corrected chi connectivity index (χ4v) is 3.05. The molecule has 1 fully saturated rings. The summed E-state index contributed by atoms with van der Waals surface area (Å²) in [7, 11) is 3.59. The summed E-state index contributed by atoms with van der Waals surface area (Å²) in [4.78, 5) is 27.4. The molecule has 1 aliphatic rings. The zero-order valence-electron chi connectivity index (χ0n) is 14.7. The van der Waals surface area contributed by atoms with Gasteiger partial charge < -0.3 is 9.47 Å². The maximum Gasteiger partial charge on any atom is 0.263 e. The molecule has 0 atom stereocenters. The average Bonchev–Trinajstić information content (AvgIpc) is 3.29. The monoisotopic (exact) mass is 328 g/mol. The first kappa shape index (κ1) is 16.5. The molecule has 24 heavy (non-hydrogen) atoms. The molecule has 1 aliphatic carbocycles. The van der Waals surface area contributed by atoms with Crippen molar-refractivity contribution in [2.24, 2.45) is 14.1 Å². The molecule has 1 amide bonds. The predicted octanol–water partition coefficient (Wildman–Crippen LogP) is 2.05. The highest BCUT2D eigenvalue weighted by Gasteiger charge is 2.34. The van der Waals surface area contributed by atoms with Crippen molar-refractivity contribution < 1.29 is 4.79 Å². The Morgan fingerprint density at radius 2 is 2.04 bits per heavy atom. The number of hydrogen-bond acceptors (Lipinski definition) is 3. The summed E-state index contributed by atoms with van der Waals surface area (Å²) < 4.78 is 3.31. The molecule has 2 aromatic rings. The van der Waals surface area contributed by atoms with E-state index in [2.05, 4.69) is 5.10 Å². The molecule has 0 aromatic carbocycles. The van der Waals surface area contributed by atoms with Crippen molar-refractivity contribution in [3.8, 4) is 0 Å². The van der Waals surface area contributed by atoms with Crippen molar-refractivity contribution in [3.63, 3.8) is 0 Å². The predicted molar refractivity (Wildman–Crippen MR) is 91.9 cm³/mol. The maximum absolute atomic E-state index is 13.0. The lowest BCUT2D eigenvalue weighted by Crippen LogP contribution is -2.37. The topological polar surface area (TPSA) is 60.1 Å². The van der Waals surface area contributed by atoms with E-state index in [1.807, 2.05) is 38.1 Å². The van der Waals surface area contributed by atoms with Gasteiger partial charge in [-0.15, -0.1) is 0 Å². The van der Waals surface area contributed by atoms with Crippen LogP contribution in [0.25, 0.3) is 0 Å². The Bertz CT molecular complexity index is 815. The van der Waals surface area contributed by atoms with E-state index < -0.39 is 0 Å². The highest BCUT2D eigenvalue weighted by molar-refractivity contribution is 5.94. The highest BCUT2D eigenvalue weighted by atomic mass is 16.2. The number of carbonyl (C=O) groups excluding carboxylic acids is 1. The van der Waals surface area contributed by atoms with Crippen LogP contribution in [0.4, 0.5) is 0 Å². The first-order valence-electron chi connectivity index (χ1n) is 8.37. The molecular weight excluding hydrogens is 304 g/mol. The van der Waals surface area contributed by atoms with Crippen molar-refractivity contribution in [3.05, 3.63) is 51.7 Å². The molecule has 3 rings (SSSR count). The second kappa shape index (κ2) is 6.26. The van der Waals surface area contributed by atoms with Crippen LogP contribution in [0.5, 0.6) is 0 Å². The molecule has 0 spiro atoms. The van der Waals surface area contributed by atoms with Crippen molar-refractivity contribution in [1.82, 2.24) is 19.2 Å². The van der Waals surface area contributed by atoms with Crippen LogP contribution in [0, 0.1) is 0 Å². The summed E-state index contributed by atoms with van der Waals surface area (Å²) in [6, 6.07) is 3.79. The summed E-state index contributed by atoms with van der Waals surface area (Å²) in [6.45, 7) is 4.57. The normalized spacial score (nSPS) is 14.2. The summed E-state index contributed by atoms with van der Waals surface area (Å²) >= 11 is 0. The first-order valence-corrected chi connectivity index (χ1v) is 8.37. The smallest absolute Gasteiger partial charge is 0.263 e. The lowest BCUT2D eigenvalue weighted by molar-refractivity contribution is 0.0727. The van der Waals surface area contributed by atoms with Crippen LogP contribution in [0.2, 0.25) is 0 Å². The number of pyridine rings is 1. The van der Waals surface area contributed by atoms with Crippen molar-refractivity contribution in [2.75, 3.05) is 0 Å². The minimum atomic E-state index is -0.219. The van der Waals surface area contributed by atoms with E-state index >= 15 is 0 Å². The molecule has 0 aliphatic heterocycles. The quantitative estimate of drug-likeness (QED) is 0.844. The Morgan fingerprint density at radius 3 is 2.58 bits per heavy atom. The lowest BCUT2D eigenvalue weighted by Gasteiger charge is -2.22. The van der Waals surface area contributed by atoms with Crippen LogP contribution in [-0.2, 0) is 20.6 Å². The van der Waals surface area contributed by atoms with Gasteiger partial charge in [-0.25, -0.2) is 0 Å². The molecule has 1 saturated carbocycles. The van der Waals surface area contributed by atoms with Crippen molar-refractivity contribution in [1.29, 1.82) is 0 Å². The molecule has 0 radical (unpaired) electrons. The number of carbonyl (C=O) groups is 1. The SMILES string of the molecule is CC(C)c1ccc(C(=O)N(Cc2cnn(C)c2)C2CC2)c(=O)n1C. The van der Waals surface area contributed by atoms with Crippen molar-refractivity contribution >= 4 is 5.91 Å². The van der Waals surface area contributed by atoms with Gasteiger partial charge in [-0.2, -0.15) is 5.10 Å². The molecule has 2 heterocycles. The van der Waals surface area contributed by atoms with Gasteiger partial charge in [-0.05, 0) is 30.9 Å². The Hall–Kier alpha value is -2.37. The van der Waals surface area contributed by atoms with Crippen LogP contribution in [-0.4, -0.2) is 31.2 Å². The maximum atomic E-state index is 13.0. The van der Waals surface area contributed by atoms with E-state index in [9.17, 15) is 9.59 Å². The Balaban J connectivity index is 1.91. The number of hydrogen-bond donors (Lipinski definition) is 0. The largest absolute Gasteiger partial charge is 0.331 e. The van der Waals surface area contributed by atoms with Gasteiger partial charge in [0.1, 0.15) is 5.56 Å². The van der Waals surface area contributed by atoms with E-state index in [1.165, 1.54) is 0 Å². The zero-order chi connectivity index (χ0) is 17.4. The molecule has 0 unspecified atom stereocenters. The molecule has 2 aromatic heterocycles. The molecule has 0 N–H and O–H groups in total. The van der Waals surface area contributed by atoms with Crippen LogP contribution in [0.15, 0.2) is 29.3 Å². The van der Waals surface area contributed by atoms with Gasteiger partial charge in [0, 0.05) is 44.1 Å². The Morgan fingerprint density at radius 1 is 1.33 bits per heavy atom. The minimum Gasteiger partial charge on any atom is -0.331 e. The number of nitrogens with zero attached hydrogens (tertiary/aromatic N) is 4. The van der Waals surface area contributed by atoms with Crippen LogP contribution >= 0.6 is 0 Å². The fourth-order valence-electron chi connectivity index (χ4n) is 3.05. The lowest BCUT2D eigenvalue weighted by atomic mass is 10.1. The molecular formula is C18H24N4O2. The molecule has 128 valence electrons. The van der Waals surface area contributed by atoms with Gasteiger partial charge in [-0.1, -0.05) is 13.8 Å². The number of aryl methyl sites for hydroxylation is 1. The van der Waals surface area contributed by atoms with Crippen molar-refractivity contribution in [2.45, 2.75) is 45.2 Å². The van der Waals surface area contributed by atoms with Crippen LogP contribution in [0.1, 0.15) is 54.2 Å². The Kier molecular flexibility index (Phi) is 4.30. The van der Waals surface area contributed by atoms with E-state index in [-0.39, 0.29) is 29.0 Å². The van der Waals surface area contributed by atoms with Gasteiger partial charge >= 0.3 is 0 Å². The number of amides is 1. The van der Waals surface area contributed by atoms with Gasteiger partial charge in [0.05, 0.1) is 6.20 Å². The summed E-state index contributed by atoms with van der Waals surface area (Å²) in [5.41, 5.74) is 1.94. The van der Waals surface area contributed by atoms with E-state index in [1.54, 1.807) is 28.6 Å². The van der Waals surface area contributed by atoms with Gasteiger partial charge in [0.15, 0.2) is 0 Å². The summed E-state index contributed by atoms with van der Waals surface area (Å²) in [5.74, 6) is 0.0547. The molecule has 0 bridgehead atoms. The highest BCUT2D eigenvalue weighted by Crippen LogP contribution is 2.29. The second-order valence-corrected chi connectivity index (χ2v) is 6.88. The van der Waals surface area contributed by atoms with Crippen LogP contribution in [0.3, 0.4) is 0 Å². The van der Waals surface area contributed by atoms with Gasteiger partial charge in [0.25, 0.3) is 11.5 Å². The molecule has 6 nitrogen and oxygen atoms in total. The third kappa shape index (κ3) is 3.13. The van der Waals surface area contributed by atoms with Gasteiger partial charge in [0.2, 0.25) is 0 Å². The van der Waals surface area contributed by atoms with Gasteiger partial charge in [-0.3, -0.25) is 14.3 Å². The summed E-state index contributed by atoms with van der Waals surface area (Å²) in [5, 5.41) is 4.16. The second-order valence-electron chi connectivity index (χ2n) is 6.88. The molecule has 6 heteroatoms. The zero-order valence-corrected chi connectivity index (χ0v) is 14.7. The standard InChI is InChI=1S/C18H24N4O2/c1-12(2)16-8-7-15(17(23)21(16)4)18(24)22(14-5-6-14)11-13-9-19-20(3)10-13/h7-10,12,14H,5-6,11H2,1-4H3. The average molecular weight is 328 g/mol. The fraction of sp³-hybridized carbons (Fsp3) is 0.500. The Labute approximate surface area is 141 Å². The minimum absolute atomic E-state index is 0.183. The van der Waals surface area contributed by atoms with E-state index in [4.69, 9.17) is 0 Å². The summed E-state index contributed by atoms with van der Waals surface area (Å²) in [6.07, 6.45) is 5.66. The third-order valence-corrected chi connectivity index (χ3v) is 4.52. The first-order chi connectivity index (χ1) is 11.4.